The van der Waals surface area contributed by atoms with Crippen molar-refractivity contribution in [3.8, 4) is 0 Å². The minimum atomic E-state index is -0.0585. The lowest BCUT2D eigenvalue weighted by molar-refractivity contribution is 0.692. The maximum atomic E-state index is 11.9. The first-order valence-electron chi connectivity index (χ1n) is 5.29. The molecule has 0 aliphatic heterocycles. The van der Waals surface area contributed by atoms with Crippen molar-refractivity contribution in [2.24, 2.45) is 0 Å². The fourth-order valence-electron chi connectivity index (χ4n) is 1.39. The van der Waals surface area contributed by atoms with E-state index in [1.807, 2.05) is 31.2 Å². The van der Waals surface area contributed by atoms with Gasteiger partial charge in [-0.25, -0.2) is 4.98 Å². The number of aromatic nitrogens is 2. The first-order valence-corrected chi connectivity index (χ1v) is 6.11. The first kappa shape index (κ1) is 11.7. The van der Waals surface area contributed by atoms with Crippen LogP contribution < -0.4 is 11.3 Å². The van der Waals surface area contributed by atoms with Gasteiger partial charge in [0.05, 0.1) is 0 Å². The molecule has 4 nitrogen and oxygen atoms in total. The lowest BCUT2D eigenvalue weighted by atomic mass is 10.3. The van der Waals surface area contributed by atoms with Gasteiger partial charge < -0.3 is 10.3 Å². The normalized spacial score (nSPS) is 10.4. The van der Waals surface area contributed by atoms with E-state index < -0.39 is 0 Å². The van der Waals surface area contributed by atoms with Gasteiger partial charge in [-0.2, -0.15) is 0 Å². The van der Waals surface area contributed by atoms with Gasteiger partial charge >= 0.3 is 0 Å². The zero-order valence-electron chi connectivity index (χ0n) is 9.46. The van der Waals surface area contributed by atoms with Gasteiger partial charge in [-0.3, -0.25) is 4.79 Å². The van der Waals surface area contributed by atoms with Crippen LogP contribution in [0.3, 0.4) is 0 Å². The lowest BCUT2D eigenvalue weighted by Crippen LogP contribution is -2.20. The van der Waals surface area contributed by atoms with Gasteiger partial charge in [-0.15, -0.1) is 0 Å². The van der Waals surface area contributed by atoms with Gasteiger partial charge in [-0.1, -0.05) is 11.8 Å². The molecule has 88 valence electrons. The first-order chi connectivity index (χ1) is 8.20. The van der Waals surface area contributed by atoms with Crippen LogP contribution in [0, 0.1) is 0 Å². The molecule has 0 saturated heterocycles. The SMILES string of the molecule is CCn1ccnc(Sc2ccc(N)cc2)c1=O. The summed E-state index contributed by atoms with van der Waals surface area (Å²) < 4.78 is 1.63. The van der Waals surface area contributed by atoms with Crippen LogP contribution >= 0.6 is 11.8 Å². The maximum Gasteiger partial charge on any atom is 0.283 e. The minimum absolute atomic E-state index is 0.0585. The Bertz CT molecular complexity index is 563. The molecule has 2 aromatic rings. The molecular weight excluding hydrogens is 234 g/mol. The van der Waals surface area contributed by atoms with Crippen molar-refractivity contribution in [1.82, 2.24) is 9.55 Å². The zero-order chi connectivity index (χ0) is 12.3. The minimum Gasteiger partial charge on any atom is -0.399 e. The molecule has 2 rings (SSSR count). The van der Waals surface area contributed by atoms with E-state index in [4.69, 9.17) is 5.73 Å². The van der Waals surface area contributed by atoms with Crippen molar-refractivity contribution in [2.45, 2.75) is 23.4 Å². The number of hydrogen-bond donors (Lipinski definition) is 1. The van der Waals surface area contributed by atoms with Gasteiger partial charge in [0.2, 0.25) is 0 Å². The fourth-order valence-corrected chi connectivity index (χ4v) is 2.21. The smallest absolute Gasteiger partial charge is 0.283 e. The molecule has 1 heterocycles. The van der Waals surface area contributed by atoms with Crippen LogP contribution in [-0.2, 0) is 6.54 Å². The van der Waals surface area contributed by atoms with E-state index in [1.54, 1.807) is 17.0 Å². The summed E-state index contributed by atoms with van der Waals surface area (Å²) in [6.45, 7) is 2.58. The van der Waals surface area contributed by atoms with Crippen LogP contribution in [0.4, 0.5) is 5.69 Å². The molecule has 5 heteroatoms. The standard InChI is InChI=1S/C12H13N3OS/c1-2-15-8-7-14-11(12(15)16)17-10-5-3-9(13)4-6-10/h3-8H,2,13H2,1H3. The van der Waals surface area contributed by atoms with E-state index in [0.717, 1.165) is 4.90 Å². The highest BCUT2D eigenvalue weighted by molar-refractivity contribution is 7.99. The van der Waals surface area contributed by atoms with Gasteiger partial charge in [0.15, 0.2) is 5.03 Å². The van der Waals surface area contributed by atoms with E-state index in [9.17, 15) is 4.79 Å². The summed E-state index contributed by atoms with van der Waals surface area (Å²) in [6.07, 6.45) is 3.33. The fraction of sp³-hybridized carbons (Fsp3) is 0.167. The zero-order valence-corrected chi connectivity index (χ0v) is 10.3. The molecule has 0 bridgehead atoms. The number of aryl methyl sites for hydroxylation is 1. The highest BCUT2D eigenvalue weighted by Crippen LogP contribution is 2.23. The average molecular weight is 247 g/mol. The number of anilines is 1. The highest BCUT2D eigenvalue weighted by Gasteiger charge is 2.05. The van der Waals surface area contributed by atoms with Crippen LogP contribution in [0.2, 0.25) is 0 Å². The van der Waals surface area contributed by atoms with Gasteiger partial charge in [0.25, 0.3) is 5.56 Å². The number of benzene rings is 1. The van der Waals surface area contributed by atoms with Gasteiger partial charge in [-0.05, 0) is 31.2 Å². The number of nitrogens with two attached hydrogens (primary N) is 1. The molecule has 0 spiro atoms. The molecule has 0 aliphatic rings. The summed E-state index contributed by atoms with van der Waals surface area (Å²) in [7, 11) is 0. The third-order valence-corrected chi connectivity index (χ3v) is 3.30. The largest absolute Gasteiger partial charge is 0.399 e. The van der Waals surface area contributed by atoms with Crippen LogP contribution in [0.15, 0.2) is 51.4 Å². The summed E-state index contributed by atoms with van der Waals surface area (Å²) >= 11 is 1.35. The van der Waals surface area contributed by atoms with Crippen LogP contribution in [-0.4, -0.2) is 9.55 Å². The Hall–Kier alpha value is -1.75. The predicted molar refractivity (Wildman–Crippen MR) is 69.1 cm³/mol. The van der Waals surface area contributed by atoms with Crippen molar-refractivity contribution in [2.75, 3.05) is 5.73 Å². The molecule has 0 radical (unpaired) electrons. The third kappa shape index (κ3) is 2.68. The Morgan fingerprint density at radius 2 is 2.06 bits per heavy atom. The van der Waals surface area contributed by atoms with Gasteiger partial charge in [0.1, 0.15) is 0 Å². The number of rotatable bonds is 3. The number of nitrogens with zero attached hydrogens (tertiary/aromatic N) is 2. The Kier molecular flexibility index (Phi) is 3.49. The van der Waals surface area contributed by atoms with E-state index in [2.05, 4.69) is 4.98 Å². The monoisotopic (exact) mass is 247 g/mol. The summed E-state index contributed by atoms with van der Waals surface area (Å²) in [4.78, 5) is 17.0. The molecule has 0 amide bonds. The van der Waals surface area contributed by atoms with E-state index in [-0.39, 0.29) is 5.56 Å². The maximum absolute atomic E-state index is 11.9. The predicted octanol–water partition coefficient (Wildman–Crippen LogP) is 2.00. The molecule has 2 N–H and O–H groups in total. The Balaban J connectivity index is 2.30. The second-order valence-corrected chi connectivity index (χ2v) is 4.56. The van der Waals surface area contributed by atoms with Crippen molar-refractivity contribution >= 4 is 17.4 Å². The Morgan fingerprint density at radius 3 is 2.71 bits per heavy atom. The topological polar surface area (TPSA) is 60.9 Å². The van der Waals surface area contributed by atoms with Crippen LogP contribution in [0.1, 0.15) is 6.92 Å². The molecule has 0 fully saturated rings. The summed E-state index contributed by atoms with van der Waals surface area (Å²) in [5, 5.41) is 0.485. The van der Waals surface area contributed by atoms with Crippen molar-refractivity contribution < 1.29 is 0 Å². The second-order valence-electron chi connectivity index (χ2n) is 3.49. The Morgan fingerprint density at radius 1 is 1.35 bits per heavy atom. The molecular formula is C12H13N3OS. The molecule has 1 aromatic heterocycles. The summed E-state index contributed by atoms with van der Waals surface area (Å²) in [6, 6.07) is 7.38. The molecule has 17 heavy (non-hydrogen) atoms. The van der Waals surface area contributed by atoms with Crippen molar-refractivity contribution in [1.29, 1.82) is 0 Å². The number of nitrogen functional groups attached to an aromatic ring is 1. The molecule has 0 aliphatic carbocycles. The Labute approximate surface area is 103 Å². The quantitative estimate of drug-likeness (QED) is 0.843. The van der Waals surface area contributed by atoms with E-state index in [0.29, 0.717) is 17.3 Å². The highest BCUT2D eigenvalue weighted by atomic mass is 32.2. The average Bonchev–Trinajstić information content (AvgIpc) is 2.35. The molecule has 0 atom stereocenters. The summed E-state index contributed by atoms with van der Waals surface area (Å²) in [5.74, 6) is 0. The second kappa shape index (κ2) is 5.05. The van der Waals surface area contributed by atoms with Crippen LogP contribution in [0.25, 0.3) is 0 Å². The molecule has 1 aromatic carbocycles. The number of hydrogen-bond acceptors (Lipinski definition) is 4. The molecule has 0 unspecified atom stereocenters. The van der Waals surface area contributed by atoms with E-state index in [1.165, 1.54) is 11.8 Å². The third-order valence-electron chi connectivity index (χ3n) is 2.32. The van der Waals surface area contributed by atoms with Crippen molar-refractivity contribution in [3.05, 3.63) is 47.0 Å². The van der Waals surface area contributed by atoms with E-state index >= 15 is 0 Å². The molecule has 0 saturated carbocycles. The van der Waals surface area contributed by atoms with Crippen molar-refractivity contribution in [3.63, 3.8) is 0 Å². The summed E-state index contributed by atoms with van der Waals surface area (Å²) in [5.41, 5.74) is 6.26. The lowest BCUT2D eigenvalue weighted by Gasteiger charge is -2.04. The van der Waals surface area contributed by atoms with Gasteiger partial charge in [0, 0.05) is 29.5 Å². The van der Waals surface area contributed by atoms with Crippen LogP contribution in [0.5, 0.6) is 0 Å².